The second kappa shape index (κ2) is 5.61. The minimum atomic E-state index is -0.342. The Morgan fingerprint density at radius 2 is 2.14 bits per heavy atom. The summed E-state index contributed by atoms with van der Waals surface area (Å²) in [6.45, 7) is 0.319. The van der Waals surface area contributed by atoms with Crippen molar-refractivity contribution >= 4 is 15.9 Å². The third kappa shape index (κ3) is 2.92. The number of aromatic nitrogens is 3. The monoisotopic (exact) mass is 349 g/mol. The quantitative estimate of drug-likeness (QED) is 0.729. The van der Waals surface area contributed by atoms with Crippen LogP contribution in [0.15, 0.2) is 56.6 Å². The lowest BCUT2D eigenvalue weighted by Gasteiger charge is -2.07. The van der Waals surface area contributed by atoms with Gasteiger partial charge in [-0.25, -0.2) is 4.39 Å². The van der Waals surface area contributed by atoms with Crippen molar-refractivity contribution in [3.8, 4) is 11.5 Å². The van der Waals surface area contributed by atoms with Crippen LogP contribution in [0.1, 0.15) is 5.56 Å². The molecule has 0 amide bonds. The predicted octanol–water partition coefficient (Wildman–Crippen LogP) is 2.85. The van der Waals surface area contributed by atoms with Crippen LogP contribution in [0.25, 0.3) is 11.5 Å². The minimum Gasteiger partial charge on any atom is -0.423 e. The van der Waals surface area contributed by atoms with Crippen molar-refractivity contribution in [1.82, 2.24) is 14.8 Å². The maximum atomic E-state index is 13.2. The van der Waals surface area contributed by atoms with Gasteiger partial charge in [0, 0.05) is 12.3 Å². The third-order valence-corrected chi connectivity index (χ3v) is 3.54. The van der Waals surface area contributed by atoms with Crippen LogP contribution in [0.4, 0.5) is 4.39 Å². The average Bonchev–Trinajstić information content (AvgIpc) is 2.99. The Morgan fingerprint density at radius 3 is 2.86 bits per heavy atom. The molecule has 0 aliphatic heterocycles. The van der Waals surface area contributed by atoms with Crippen LogP contribution in [0.3, 0.4) is 0 Å². The summed E-state index contributed by atoms with van der Waals surface area (Å²) in [7, 11) is 0. The summed E-state index contributed by atoms with van der Waals surface area (Å²) in [6, 6.07) is 7.67. The normalized spacial score (nSPS) is 10.8. The van der Waals surface area contributed by atoms with Crippen molar-refractivity contribution in [2.75, 3.05) is 0 Å². The number of rotatable bonds is 3. The second-order valence-electron chi connectivity index (χ2n) is 4.38. The van der Waals surface area contributed by atoms with E-state index in [0.29, 0.717) is 22.5 Å². The lowest BCUT2D eigenvalue weighted by atomic mass is 10.2. The van der Waals surface area contributed by atoms with E-state index in [9.17, 15) is 9.18 Å². The molecule has 0 unspecified atom stereocenters. The molecular weight excluding hydrogens is 341 g/mol. The molecule has 2 heterocycles. The van der Waals surface area contributed by atoms with Gasteiger partial charge in [-0.1, -0.05) is 6.07 Å². The zero-order valence-corrected chi connectivity index (χ0v) is 12.2. The van der Waals surface area contributed by atoms with Gasteiger partial charge in [-0.2, -0.15) is 0 Å². The lowest BCUT2D eigenvalue weighted by molar-refractivity contribution is 0.567. The van der Waals surface area contributed by atoms with Crippen molar-refractivity contribution in [1.29, 1.82) is 0 Å². The number of hydrogen-bond donors (Lipinski definition) is 0. The van der Waals surface area contributed by atoms with Gasteiger partial charge in [0.25, 0.3) is 5.56 Å². The van der Waals surface area contributed by atoms with Crippen molar-refractivity contribution < 1.29 is 8.81 Å². The first-order chi connectivity index (χ1) is 10.1. The first-order valence-corrected chi connectivity index (χ1v) is 6.84. The van der Waals surface area contributed by atoms with Crippen LogP contribution in [0, 0.1) is 5.82 Å². The molecule has 0 aliphatic carbocycles. The first-order valence-electron chi connectivity index (χ1n) is 6.04. The zero-order valence-electron chi connectivity index (χ0n) is 10.7. The van der Waals surface area contributed by atoms with E-state index >= 15 is 0 Å². The molecule has 3 aromatic rings. The lowest BCUT2D eigenvalue weighted by Crippen LogP contribution is -2.19. The summed E-state index contributed by atoms with van der Waals surface area (Å²) in [5, 5.41) is 7.40. The van der Waals surface area contributed by atoms with E-state index in [2.05, 4.69) is 26.1 Å². The summed E-state index contributed by atoms with van der Waals surface area (Å²) in [4.78, 5) is 11.9. The van der Waals surface area contributed by atoms with Gasteiger partial charge in [-0.3, -0.25) is 4.79 Å². The highest BCUT2D eigenvalue weighted by Crippen LogP contribution is 2.18. The SMILES string of the molecule is O=c1ccc(-c2nnco2)cn1Cc1ccc(F)c(Br)c1. The van der Waals surface area contributed by atoms with Gasteiger partial charge in [0.15, 0.2) is 0 Å². The predicted molar refractivity (Wildman–Crippen MR) is 77.2 cm³/mol. The highest BCUT2D eigenvalue weighted by molar-refractivity contribution is 9.10. The molecule has 21 heavy (non-hydrogen) atoms. The highest BCUT2D eigenvalue weighted by atomic mass is 79.9. The molecule has 106 valence electrons. The van der Waals surface area contributed by atoms with Gasteiger partial charge in [0.1, 0.15) is 5.82 Å². The molecule has 0 spiro atoms. The maximum absolute atomic E-state index is 13.2. The van der Waals surface area contributed by atoms with Gasteiger partial charge in [-0.05, 0) is 39.7 Å². The van der Waals surface area contributed by atoms with E-state index in [4.69, 9.17) is 4.42 Å². The number of benzene rings is 1. The van der Waals surface area contributed by atoms with E-state index in [1.54, 1.807) is 24.4 Å². The Hall–Kier alpha value is -2.28. The van der Waals surface area contributed by atoms with Crippen LogP contribution < -0.4 is 5.56 Å². The molecule has 0 N–H and O–H groups in total. The summed E-state index contributed by atoms with van der Waals surface area (Å²) in [5.41, 5.74) is 1.28. The standard InChI is InChI=1S/C14H9BrFN3O2/c15-11-5-9(1-3-12(11)16)6-19-7-10(2-4-13(19)20)14-18-17-8-21-14/h1-5,7-8H,6H2. The topological polar surface area (TPSA) is 60.9 Å². The molecule has 0 radical (unpaired) electrons. The zero-order chi connectivity index (χ0) is 14.8. The fourth-order valence-corrected chi connectivity index (χ4v) is 2.34. The Bertz CT molecular complexity index is 830. The van der Waals surface area contributed by atoms with Crippen molar-refractivity contribution in [3.05, 3.63) is 69.1 Å². The smallest absolute Gasteiger partial charge is 0.250 e. The van der Waals surface area contributed by atoms with E-state index in [0.717, 1.165) is 5.56 Å². The van der Waals surface area contributed by atoms with E-state index in [-0.39, 0.29) is 11.4 Å². The minimum absolute atomic E-state index is 0.168. The molecular formula is C14H9BrFN3O2. The Labute approximate surface area is 127 Å². The van der Waals surface area contributed by atoms with Gasteiger partial charge in [0.2, 0.25) is 12.3 Å². The average molecular weight is 350 g/mol. The molecule has 2 aromatic heterocycles. The van der Waals surface area contributed by atoms with Crippen molar-refractivity contribution in [3.63, 3.8) is 0 Å². The fraction of sp³-hybridized carbons (Fsp3) is 0.0714. The largest absolute Gasteiger partial charge is 0.423 e. The van der Waals surface area contributed by atoms with Gasteiger partial charge >= 0.3 is 0 Å². The van der Waals surface area contributed by atoms with Gasteiger partial charge < -0.3 is 8.98 Å². The molecule has 5 nitrogen and oxygen atoms in total. The summed E-state index contributed by atoms with van der Waals surface area (Å²) < 4.78 is 20.2. The van der Waals surface area contributed by atoms with Gasteiger partial charge in [0.05, 0.1) is 16.6 Å². The molecule has 0 saturated carbocycles. The Balaban J connectivity index is 1.96. The summed E-state index contributed by atoms with van der Waals surface area (Å²) >= 11 is 3.13. The van der Waals surface area contributed by atoms with Crippen LogP contribution in [0.2, 0.25) is 0 Å². The van der Waals surface area contributed by atoms with E-state index in [1.807, 2.05) is 0 Å². The summed E-state index contributed by atoms with van der Waals surface area (Å²) in [6.07, 6.45) is 2.86. The summed E-state index contributed by atoms with van der Waals surface area (Å²) in [5.74, 6) is -0.00487. The highest BCUT2D eigenvalue weighted by Gasteiger charge is 2.07. The molecule has 0 aliphatic rings. The fourth-order valence-electron chi connectivity index (χ4n) is 1.91. The van der Waals surface area contributed by atoms with Gasteiger partial charge in [-0.15, -0.1) is 10.2 Å². The van der Waals surface area contributed by atoms with Crippen LogP contribution in [0.5, 0.6) is 0 Å². The Morgan fingerprint density at radius 1 is 1.29 bits per heavy atom. The number of hydrogen-bond acceptors (Lipinski definition) is 4. The number of nitrogens with zero attached hydrogens (tertiary/aromatic N) is 3. The number of pyridine rings is 1. The number of halogens is 2. The van der Waals surface area contributed by atoms with E-state index in [1.165, 1.54) is 23.1 Å². The van der Waals surface area contributed by atoms with Crippen LogP contribution in [-0.2, 0) is 6.54 Å². The Kier molecular flexibility index (Phi) is 3.66. The first kappa shape index (κ1) is 13.7. The second-order valence-corrected chi connectivity index (χ2v) is 5.23. The maximum Gasteiger partial charge on any atom is 0.250 e. The molecule has 0 saturated heterocycles. The molecule has 0 atom stereocenters. The third-order valence-electron chi connectivity index (χ3n) is 2.93. The van der Waals surface area contributed by atoms with Crippen molar-refractivity contribution in [2.45, 2.75) is 6.54 Å². The molecule has 3 rings (SSSR count). The molecule has 0 fully saturated rings. The van der Waals surface area contributed by atoms with Crippen molar-refractivity contribution in [2.24, 2.45) is 0 Å². The van der Waals surface area contributed by atoms with Crippen LogP contribution in [-0.4, -0.2) is 14.8 Å². The molecule has 7 heteroatoms. The molecule has 1 aromatic carbocycles. The van der Waals surface area contributed by atoms with E-state index < -0.39 is 0 Å². The van der Waals surface area contributed by atoms with Crippen LogP contribution >= 0.6 is 15.9 Å². The molecule has 0 bridgehead atoms.